The Balaban J connectivity index is 1.62. The van der Waals surface area contributed by atoms with Gasteiger partial charge in [0, 0.05) is 17.3 Å². The van der Waals surface area contributed by atoms with E-state index >= 15 is 0 Å². The van der Waals surface area contributed by atoms with Gasteiger partial charge in [-0.25, -0.2) is 4.98 Å². The van der Waals surface area contributed by atoms with Gasteiger partial charge in [-0.2, -0.15) is 0 Å². The molecule has 0 spiro atoms. The van der Waals surface area contributed by atoms with Crippen molar-refractivity contribution in [3.05, 3.63) is 76.0 Å². The SMILES string of the molecule is CC(c1cccs1)N(Cc1ccccc1)C(=O)c1cnc(C2CC2)[nH]1. The minimum atomic E-state index is 0.00385. The van der Waals surface area contributed by atoms with E-state index in [2.05, 4.69) is 40.5 Å². The Labute approximate surface area is 151 Å². The fourth-order valence-corrected chi connectivity index (χ4v) is 3.81. The van der Waals surface area contributed by atoms with E-state index in [9.17, 15) is 4.79 Å². The third kappa shape index (κ3) is 3.51. The van der Waals surface area contributed by atoms with Gasteiger partial charge >= 0.3 is 0 Å². The Morgan fingerprint density at radius 2 is 2.08 bits per heavy atom. The van der Waals surface area contributed by atoms with E-state index in [1.54, 1.807) is 17.5 Å². The van der Waals surface area contributed by atoms with Crippen LogP contribution >= 0.6 is 11.3 Å². The zero-order chi connectivity index (χ0) is 17.2. The molecule has 0 aliphatic heterocycles. The van der Waals surface area contributed by atoms with Crippen LogP contribution in [0.4, 0.5) is 0 Å². The highest BCUT2D eigenvalue weighted by atomic mass is 32.1. The minimum Gasteiger partial charge on any atom is -0.338 e. The first-order valence-corrected chi connectivity index (χ1v) is 9.53. The fraction of sp³-hybridized carbons (Fsp3) is 0.300. The van der Waals surface area contributed by atoms with Crippen molar-refractivity contribution in [3.63, 3.8) is 0 Å². The lowest BCUT2D eigenvalue weighted by Crippen LogP contribution is -2.33. The number of nitrogens with one attached hydrogen (secondary N) is 1. The molecule has 1 aliphatic carbocycles. The van der Waals surface area contributed by atoms with Crippen molar-refractivity contribution in [2.75, 3.05) is 0 Å². The molecule has 3 aromatic rings. The van der Waals surface area contributed by atoms with Gasteiger partial charge in [-0.15, -0.1) is 11.3 Å². The summed E-state index contributed by atoms with van der Waals surface area (Å²) in [6.45, 7) is 2.67. The quantitative estimate of drug-likeness (QED) is 0.696. The van der Waals surface area contributed by atoms with Crippen LogP contribution < -0.4 is 0 Å². The van der Waals surface area contributed by atoms with Crippen molar-refractivity contribution < 1.29 is 4.79 Å². The molecule has 1 aliphatic rings. The minimum absolute atomic E-state index is 0.00385. The number of carbonyl (C=O) groups excluding carboxylic acids is 1. The normalized spacial score (nSPS) is 15.1. The topological polar surface area (TPSA) is 49.0 Å². The summed E-state index contributed by atoms with van der Waals surface area (Å²) < 4.78 is 0. The van der Waals surface area contributed by atoms with E-state index in [4.69, 9.17) is 0 Å². The zero-order valence-electron chi connectivity index (χ0n) is 14.2. The Morgan fingerprint density at radius 1 is 1.28 bits per heavy atom. The molecule has 1 atom stereocenters. The van der Waals surface area contributed by atoms with E-state index in [0.29, 0.717) is 18.2 Å². The maximum atomic E-state index is 13.2. The number of aromatic nitrogens is 2. The monoisotopic (exact) mass is 351 g/mol. The molecule has 1 unspecified atom stereocenters. The maximum absolute atomic E-state index is 13.2. The molecule has 25 heavy (non-hydrogen) atoms. The Morgan fingerprint density at radius 3 is 2.76 bits per heavy atom. The van der Waals surface area contributed by atoms with Crippen molar-refractivity contribution in [2.45, 2.75) is 38.3 Å². The first kappa shape index (κ1) is 16.1. The highest BCUT2D eigenvalue weighted by molar-refractivity contribution is 7.10. The van der Waals surface area contributed by atoms with Gasteiger partial charge in [-0.1, -0.05) is 36.4 Å². The lowest BCUT2D eigenvalue weighted by Gasteiger charge is -2.28. The van der Waals surface area contributed by atoms with Crippen LogP contribution in [0.15, 0.2) is 54.0 Å². The van der Waals surface area contributed by atoms with Crippen molar-refractivity contribution in [1.29, 1.82) is 0 Å². The number of hydrogen-bond acceptors (Lipinski definition) is 3. The molecular weight excluding hydrogens is 330 g/mol. The molecule has 2 heterocycles. The van der Waals surface area contributed by atoms with Gasteiger partial charge in [-0.05, 0) is 36.8 Å². The summed E-state index contributed by atoms with van der Waals surface area (Å²) in [5, 5.41) is 2.05. The van der Waals surface area contributed by atoms with Crippen molar-refractivity contribution in [3.8, 4) is 0 Å². The first-order valence-electron chi connectivity index (χ1n) is 8.65. The van der Waals surface area contributed by atoms with E-state index in [1.807, 2.05) is 29.2 Å². The second-order valence-electron chi connectivity index (χ2n) is 6.57. The third-order valence-corrected chi connectivity index (χ3v) is 5.71. The molecule has 1 N–H and O–H groups in total. The predicted octanol–water partition coefficient (Wildman–Crippen LogP) is 4.75. The molecule has 0 bridgehead atoms. The average molecular weight is 351 g/mol. The van der Waals surface area contributed by atoms with Gasteiger partial charge in [0.15, 0.2) is 0 Å². The zero-order valence-corrected chi connectivity index (χ0v) is 15.0. The van der Waals surface area contributed by atoms with Crippen LogP contribution in [0.3, 0.4) is 0 Å². The number of carbonyl (C=O) groups is 1. The fourth-order valence-electron chi connectivity index (χ4n) is 3.01. The van der Waals surface area contributed by atoms with Crippen LogP contribution in [0.5, 0.6) is 0 Å². The van der Waals surface area contributed by atoms with Crippen LogP contribution in [0.1, 0.15) is 58.5 Å². The predicted molar refractivity (Wildman–Crippen MR) is 99.6 cm³/mol. The summed E-state index contributed by atoms with van der Waals surface area (Å²) in [4.78, 5) is 24.0. The lowest BCUT2D eigenvalue weighted by molar-refractivity contribution is 0.0671. The number of hydrogen-bond donors (Lipinski definition) is 1. The average Bonchev–Trinajstić information content (AvgIpc) is 3.14. The molecule has 5 heteroatoms. The van der Waals surface area contributed by atoms with E-state index in [1.165, 1.54) is 17.7 Å². The second-order valence-corrected chi connectivity index (χ2v) is 7.55. The number of amides is 1. The summed E-state index contributed by atoms with van der Waals surface area (Å²) in [6.07, 6.45) is 4.02. The number of thiophene rings is 1. The van der Waals surface area contributed by atoms with Gasteiger partial charge in [0.1, 0.15) is 11.5 Å². The summed E-state index contributed by atoms with van der Waals surface area (Å²) in [5.41, 5.74) is 1.71. The number of rotatable bonds is 6. The largest absolute Gasteiger partial charge is 0.338 e. The lowest BCUT2D eigenvalue weighted by atomic mass is 10.1. The first-order chi connectivity index (χ1) is 12.2. The Hall–Kier alpha value is -2.40. The number of H-pyrrole nitrogens is 1. The van der Waals surface area contributed by atoms with Gasteiger partial charge < -0.3 is 9.88 Å². The van der Waals surface area contributed by atoms with Crippen LogP contribution in [0.2, 0.25) is 0 Å². The standard InChI is InChI=1S/C20H21N3OS/c1-14(18-8-5-11-25-18)23(13-15-6-3-2-4-7-15)20(24)17-12-21-19(22-17)16-9-10-16/h2-8,11-12,14,16H,9-10,13H2,1H3,(H,21,22). The Kier molecular flexibility index (Phi) is 4.40. The number of nitrogens with zero attached hydrogens (tertiary/aromatic N) is 2. The molecule has 1 saturated carbocycles. The third-order valence-electron chi connectivity index (χ3n) is 4.67. The molecule has 1 aromatic carbocycles. The number of imidazole rings is 1. The molecule has 0 radical (unpaired) electrons. The summed E-state index contributed by atoms with van der Waals surface area (Å²) >= 11 is 1.68. The van der Waals surface area contributed by atoms with Crippen LogP contribution in [0.25, 0.3) is 0 Å². The molecule has 1 amide bonds. The van der Waals surface area contributed by atoms with Crippen LogP contribution in [-0.4, -0.2) is 20.8 Å². The van der Waals surface area contributed by atoms with Gasteiger partial charge in [0.05, 0.1) is 12.2 Å². The molecule has 128 valence electrons. The van der Waals surface area contributed by atoms with Gasteiger partial charge in [-0.3, -0.25) is 4.79 Å². The molecule has 4 rings (SSSR count). The number of benzene rings is 1. The molecule has 1 fully saturated rings. The highest BCUT2D eigenvalue weighted by Crippen LogP contribution is 2.38. The highest BCUT2D eigenvalue weighted by Gasteiger charge is 2.29. The maximum Gasteiger partial charge on any atom is 0.272 e. The van der Waals surface area contributed by atoms with E-state index < -0.39 is 0 Å². The summed E-state index contributed by atoms with van der Waals surface area (Å²) in [5.74, 6) is 1.47. The van der Waals surface area contributed by atoms with Crippen LogP contribution in [-0.2, 0) is 6.54 Å². The summed E-state index contributed by atoms with van der Waals surface area (Å²) in [6, 6.07) is 14.3. The van der Waals surface area contributed by atoms with Crippen molar-refractivity contribution >= 4 is 17.2 Å². The van der Waals surface area contributed by atoms with Gasteiger partial charge in [0.2, 0.25) is 0 Å². The van der Waals surface area contributed by atoms with Crippen molar-refractivity contribution in [1.82, 2.24) is 14.9 Å². The van der Waals surface area contributed by atoms with Gasteiger partial charge in [0.25, 0.3) is 5.91 Å². The van der Waals surface area contributed by atoms with E-state index in [0.717, 1.165) is 11.4 Å². The number of aromatic amines is 1. The molecular formula is C20H21N3OS. The molecule has 2 aromatic heterocycles. The Bertz CT molecular complexity index is 837. The van der Waals surface area contributed by atoms with Crippen molar-refractivity contribution in [2.24, 2.45) is 0 Å². The second kappa shape index (κ2) is 6.84. The van der Waals surface area contributed by atoms with E-state index in [-0.39, 0.29) is 11.9 Å². The summed E-state index contributed by atoms with van der Waals surface area (Å²) in [7, 11) is 0. The smallest absolute Gasteiger partial charge is 0.272 e. The molecule has 0 saturated heterocycles. The molecule has 4 nitrogen and oxygen atoms in total. The van der Waals surface area contributed by atoms with Crippen LogP contribution in [0, 0.1) is 0 Å².